The second kappa shape index (κ2) is 12.8. The summed E-state index contributed by atoms with van der Waals surface area (Å²) in [5, 5.41) is 82.1. The van der Waals surface area contributed by atoms with Crippen molar-refractivity contribution >= 4 is 11.9 Å². The normalized spacial score (nSPS) is 46.4. The molecule has 15 heteroatoms. The van der Waals surface area contributed by atoms with Gasteiger partial charge in [0.15, 0.2) is 12.6 Å². The van der Waals surface area contributed by atoms with Crippen molar-refractivity contribution in [2.75, 3.05) is 14.2 Å². The van der Waals surface area contributed by atoms with Crippen molar-refractivity contribution < 1.29 is 74.1 Å². The number of hydrogen-bond donors (Lipinski definition) is 8. The van der Waals surface area contributed by atoms with Crippen LogP contribution in [0, 0.1) is 17.8 Å². The summed E-state index contributed by atoms with van der Waals surface area (Å²) < 4.78 is 26.4. The van der Waals surface area contributed by atoms with Gasteiger partial charge in [-0.15, -0.1) is 0 Å². The first-order valence-electron chi connectivity index (χ1n) is 12.4. The summed E-state index contributed by atoms with van der Waals surface area (Å²) in [6.07, 6.45) is -19.3. The predicted molar refractivity (Wildman–Crippen MR) is 120 cm³/mol. The molecule has 0 spiro atoms. The molecule has 0 radical (unpaired) electrons. The lowest BCUT2D eigenvalue weighted by Gasteiger charge is -2.44. The van der Waals surface area contributed by atoms with Gasteiger partial charge in [-0.2, -0.15) is 0 Å². The topological polar surface area (TPSA) is 242 Å². The molecule has 1 saturated heterocycles. The Balaban J connectivity index is 1.91. The molecule has 0 aromatic heterocycles. The number of aliphatic hydroxyl groups is 8. The Morgan fingerprint density at radius 3 is 1.79 bits per heavy atom. The second-order valence-corrected chi connectivity index (χ2v) is 9.94. The van der Waals surface area contributed by atoms with Gasteiger partial charge < -0.3 is 64.5 Å². The van der Waals surface area contributed by atoms with Gasteiger partial charge >= 0.3 is 11.9 Å². The van der Waals surface area contributed by atoms with Crippen LogP contribution in [0.1, 0.15) is 26.2 Å². The van der Waals surface area contributed by atoms with E-state index in [0.29, 0.717) is 0 Å². The highest BCUT2D eigenvalue weighted by Crippen LogP contribution is 2.40. The molecule has 2 aliphatic carbocycles. The van der Waals surface area contributed by atoms with E-state index >= 15 is 0 Å². The Hall–Kier alpha value is -1.50. The zero-order valence-electron chi connectivity index (χ0n) is 21.2. The highest BCUT2D eigenvalue weighted by Gasteiger charge is 2.55. The van der Waals surface area contributed by atoms with E-state index < -0.39 is 103 Å². The number of hydrogen-bond acceptors (Lipinski definition) is 15. The van der Waals surface area contributed by atoms with E-state index in [-0.39, 0.29) is 19.3 Å². The van der Waals surface area contributed by atoms with Crippen molar-refractivity contribution in [2.45, 2.75) is 99.8 Å². The highest BCUT2D eigenvalue weighted by molar-refractivity contribution is 5.82. The molecule has 3 fully saturated rings. The van der Waals surface area contributed by atoms with E-state index in [9.17, 15) is 50.4 Å². The number of carbonyl (C=O) groups is 2. The summed E-state index contributed by atoms with van der Waals surface area (Å²) in [5.74, 6) is -4.92. The Morgan fingerprint density at radius 1 is 0.763 bits per heavy atom. The van der Waals surface area contributed by atoms with Crippen LogP contribution in [0.2, 0.25) is 0 Å². The van der Waals surface area contributed by atoms with Gasteiger partial charge in [0.05, 0.1) is 56.6 Å². The molecule has 3 aliphatic rings. The van der Waals surface area contributed by atoms with Crippen LogP contribution in [0.4, 0.5) is 0 Å². The molecule has 15 nitrogen and oxygen atoms in total. The quantitative estimate of drug-likeness (QED) is 0.132. The highest BCUT2D eigenvalue weighted by atomic mass is 16.8. The molecule has 1 aliphatic heterocycles. The van der Waals surface area contributed by atoms with Crippen molar-refractivity contribution in [3.8, 4) is 0 Å². The van der Waals surface area contributed by atoms with Gasteiger partial charge in [0.25, 0.3) is 0 Å². The summed E-state index contributed by atoms with van der Waals surface area (Å²) >= 11 is 0. The van der Waals surface area contributed by atoms with E-state index in [2.05, 4.69) is 0 Å². The average Bonchev–Trinajstić information content (AvgIpc) is 3.12. The molecule has 220 valence electrons. The van der Waals surface area contributed by atoms with Crippen molar-refractivity contribution in [3.05, 3.63) is 0 Å². The summed E-state index contributed by atoms with van der Waals surface area (Å²) in [7, 11) is 2.23. The number of esters is 2. The first-order chi connectivity index (χ1) is 17.9. The van der Waals surface area contributed by atoms with Crippen molar-refractivity contribution in [1.29, 1.82) is 0 Å². The van der Waals surface area contributed by atoms with Gasteiger partial charge in [0, 0.05) is 5.92 Å². The average molecular weight is 555 g/mol. The number of methoxy groups -OCH3 is 2. The number of carbonyl (C=O) groups excluding carboxylic acids is 2. The summed E-state index contributed by atoms with van der Waals surface area (Å²) in [6.45, 7) is 1.62. The van der Waals surface area contributed by atoms with Gasteiger partial charge in [-0.1, -0.05) is 6.92 Å². The lowest BCUT2D eigenvalue weighted by atomic mass is 9.76. The SMILES string of the molecule is CCC(O)C1C(O)C(O)C(OC2CC(C(=O)OC)C(C(=O)OC)CC2OC2OC(O)C(O)C(O)C2O)C1O. The van der Waals surface area contributed by atoms with Crippen LogP contribution in [0.15, 0.2) is 0 Å². The first-order valence-corrected chi connectivity index (χ1v) is 12.4. The maximum atomic E-state index is 12.6. The fourth-order valence-electron chi connectivity index (χ4n) is 5.49. The van der Waals surface area contributed by atoms with Gasteiger partial charge in [-0.05, 0) is 19.3 Å². The summed E-state index contributed by atoms with van der Waals surface area (Å²) in [5.41, 5.74) is 0. The molecule has 8 N–H and O–H groups in total. The molecule has 0 bridgehead atoms. The fraction of sp³-hybridized carbons (Fsp3) is 0.913. The second-order valence-electron chi connectivity index (χ2n) is 9.94. The minimum absolute atomic E-state index is 0.173. The number of ether oxygens (including phenoxy) is 5. The van der Waals surface area contributed by atoms with Crippen LogP contribution < -0.4 is 0 Å². The Bertz CT molecular complexity index is 812. The largest absolute Gasteiger partial charge is 0.469 e. The zero-order chi connectivity index (χ0) is 28.5. The summed E-state index contributed by atoms with van der Waals surface area (Å²) in [6, 6.07) is 0. The van der Waals surface area contributed by atoms with E-state index in [1.165, 1.54) is 0 Å². The number of rotatable bonds is 8. The van der Waals surface area contributed by atoms with Gasteiger partial charge in [-0.25, -0.2) is 0 Å². The molecule has 15 unspecified atom stereocenters. The van der Waals surface area contributed by atoms with Gasteiger partial charge in [-0.3, -0.25) is 9.59 Å². The third kappa shape index (κ3) is 5.97. The lowest BCUT2D eigenvalue weighted by Crippen LogP contribution is -2.60. The van der Waals surface area contributed by atoms with E-state index in [0.717, 1.165) is 14.2 Å². The Labute approximate surface area is 218 Å². The summed E-state index contributed by atoms with van der Waals surface area (Å²) in [4.78, 5) is 25.1. The minimum Gasteiger partial charge on any atom is -0.469 e. The number of aliphatic hydroxyl groups excluding tert-OH is 8. The third-order valence-corrected chi connectivity index (χ3v) is 7.74. The molecule has 0 aromatic carbocycles. The lowest BCUT2D eigenvalue weighted by molar-refractivity contribution is -0.356. The molecule has 0 amide bonds. The van der Waals surface area contributed by atoms with E-state index in [1.807, 2.05) is 0 Å². The van der Waals surface area contributed by atoms with E-state index in [1.54, 1.807) is 6.92 Å². The molecule has 3 rings (SSSR count). The molecule has 38 heavy (non-hydrogen) atoms. The molecule has 1 heterocycles. The monoisotopic (exact) mass is 554 g/mol. The zero-order valence-corrected chi connectivity index (χ0v) is 21.2. The van der Waals surface area contributed by atoms with Gasteiger partial charge in [0.1, 0.15) is 30.5 Å². The molecule has 15 atom stereocenters. The fourth-order valence-corrected chi connectivity index (χ4v) is 5.49. The van der Waals surface area contributed by atoms with Crippen molar-refractivity contribution in [1.82, 2.24) is 0 Å². The maximum Gasteiger partial charge on any atom is 0.309 e. The van der Waals surface area contributed by atoms with Crippen LogP contribution in [0.3, 0.4) is 0 Å². The van der Waals surface area contributed by atoms with Crippen molar-refractivity contribution in [2.24, 2.45) is 17.8 Å². The Kier molecular flexibility index (Phi) is 10.4. The molecular weight excluding hydrogens is 516 g/mol. The third-order valence-electron chi connectivity index (χ3n) is 7.74. The van der Waals surface area contributed by atoms with Crippen LogP contribution >= 0.6 is 0 Å². The van der Waals surface area contributed by atoms with Crippen LogP contribution in [0.25, 0.3) is 0 Å². The molecular formula is C23H38O15. The van der Waals surface area contributed by atoms with E-state index in [4.69, 9.17) is 23.7 Å². The van der Waals surface area contributed by atoms with Crippen LogP contribution in [-0.2, 0) is 33.3 Å². The molecule has 0 aromatic rings. The van der Waals surface area contributed by atoms with Crippen LogP contribution in [0.5, 0.6) is 0 Å². The van der Waals surface area contributed by atoms with Crippen LogP contribution in [-0.4, -0.2) is 141 Å². The Morgan fingerprint density at radius 2 is 1.29 bits per heavy atom. The molecule has 2 saturated carbocycles. The first kappa shape index (κ1) is 31.0. The predicted octanol–water partition coefficient (Wildman–Crippen LogP) is -4.26. The maximum absolute atomic E-state index is 12.6. The van der Waals surface area contributed by atoms with Gasteiger partial charge in [0.2, 0.25) is 0 Å². The standard InChI is InChI=1S/C23H38O15/c1-4-9(24)12-13(25)16(28)19(14(12)26)36-10-5-7(20(31)34-2)8(21(32)35-3)6-11(10)37-23-18(30)15(27)17(29)22(33)38-23/h7-19,22-30,33H,4-6H2,1-3H3. The smallest absolute Gasteiger partial charge is 0.309 e. The minimum atomic E-state index is -1.93. The van der Waals surface area contributed by atoms with Crippen molar-refractivity contribution in [3.63, 3.8) is 0 Å².